The Hall–Kier alpha value is -1.20. The number of nitrogens with one attached hydrogen (secondary N) is 1. The normalized spacial score (nSPS) is 14.3. The first-order chi connectivity index (χ1) is 10.8. The average Bonchev–Trinajstić information content (AvgIpc) is 2.50. The van der Waals surface area contributed by atoms with Crippen LogP contribution >= 0.6 is 0 Å². The van der Waals surface area contributed by atoms with Crippen LogP contribution in [0, 0.1) is 0 Å². The first kappa shape index (κ1) is 19.8. The molecule has 0 radical (unpaired) electrons. The van der Waals surface area contributed by atoms with Crippen LogP contribution < -0.4 is 4.72 Å². The summed E-state index contributed by atoms with van der Waals surface area (Å²) in [5.74, 6) is -0.144. The summed E-state index contributed by atoms with van der Waals surface area (Å²) in [6, 6.07) is 10.1. The van der Waals surface area contributed by atoms with Crippen LogP contribution in [0.25, 0.3) is 0 Å². The van der Waals surface area contributed by atoms with Crippen molar-refractivity contribution in [3.63, 3.8) is 0 Å². The summed E-state index contributed by atoms with van der Waals surface area (Å²) in [6.07, 6.45) is 2.95. The molecule has 1 aromatic rings. The van der Waals surface area contributed by atoms with E-state index in [0.29, 0.717) is 13.0 Å². The number of ether oxygens (including phenoxy) is 1. The molecule has 0 saturated carbocycles. The highest BCUT2D eigenvalue weighted by Gasteiger charge is 2.23. The zero-order valence-electron chi connectivity index (χ0n) is 14.6. The van der Waals surface area contributed by atoms with Gasteiger partial charge in [0.25, 0.3) is 0 Å². The molecule has 0 aromatic heterocycles. The summed E-state index contributed by atoms with van der Waals surface area (Å²) in [7, 11) is -1.13. The van der Waals surface area contributed by atoms with Gasteiger partial charge in [-0.15, -0.1) is 0 Å². The van der Waals surface area contributed by atoms with Crippen LogP contribution in [0.1, 0.15) is 65.0 Å². The van der Waals surface area contributed by atoms with Gasteiger partial charge in [-0.2, -0.15) is 0 Å². The van der Waals surface area contributed by atoms with Crippen LogP contribution in [0.3, 0.4) is 0 Å². The van der Waals surface area contributed by atoms with E-state index >= 15 is 0 Å². The van der Waals surface area contributed by atoms with Gasteiger partial charge in [0.05, 0.1) is 22.3 Å². The molecule has 0 heterocycles. The Balaban J connectivity index is 2.59. The molecule has 0 aliphatic carbocycles. The van der Waals surface area contributed by atoms with Crippen molar-refractivity contribution in [3.8, 4) is 0 Å². The molecule has 130 valence electrons. The van der Waals surface area contributed by atoms with Gasteiger partial charge in [-0.05, 0) is 46.1 Å². The molecule has 5 heteroatoms. The topological polar surface area (TPSA) is 55.4 Å². The van der Waals surface area contributed by atoms with Gasteiger partial charge in [0, 0.05) is 12.5 Å². The molecule has 2 atom stereocenters. The number of unbranched alkanes of at least 4 members (excludes halogenated alkanes) is 1. The predicted octanol–water partition coefficient (Wildman–Crippen LogP) is 3.90. The van der Waals surface area contributed by atoms with Gasteiger partial charge in [-0.1, -0.05) is 36.8 Å². The third-order valence-corrected chi connectivity index (χ3v) is 5.05. The monoisotopic (exact) mass is 339 g/mol. The summed E-state index contributed by atoms with van der Waals surface area (Å²) in [5.41, 5.74) is 1.13. The van der Waals surface area contributed by atoms with Crippen molar-refractivity contribution < 1.29 is 13.7 Å². The number of benzene rings is 1. The molecule has 23 heavy (non-hydrogen) atoms. The lowest BCUT2D eigenvalue weighted by molar-refractivity contribution is -0.143. The van der Waals surface area contributed by atoms with Gasteiger partial charge in [-0.25, -0.2) is 8.93 Å². The number of hydrogen-bond donors (Lipinski definition) is 1. The fourth-order valence-electron chi connectivity index (χ4n) is 2.14. The number of carbonyl (C=O) groups is 1. The minimum Gasteiger partial charge on any atom is -0.466 e. The maximum Gasteiger partial charge on any atom is 0.305 e. The smallest absolute Gasteiger partial charge is 0.305 e. The van der Waals surface area contributed by atoms with Crippen LogP contribution in [0.5, 0.6) is 0 Å². The van der Waals surface area contributed by atoms with Gasteiger partial charge in [0.2, 0.25) is 0 Å². The number of carbonyl (C=O) groups excluding carboxylic acids is 1. The maximum absolute atomic E-state index is 12.4. The Bertz CT molecular complexity index is 497. The van der Waals surface area contributed by atoms with Crippen molar-refractivity contribution >= 4 is 17.0 Å². The molecule has 0 amide bonds. The van der Waals surface area contributed by atoms with E-state index < -0.39 is 11.0 Å². The fourth-order valence-corrected chi connectivity index (χ4v) is 3.00. The van der Waals surface area contributed by atoms with Crippen molar-refractivity contribution in [1.29, 1.82) is 0 Å². The van der Waals surface area contributed by atoms with Crippen molar-refractivity contribution in [1.82, 2.24) is 4.72 Å². The van der Waals surface area contributed by atoms with E-state index in [1.54, 1.807) is 0 Å². The Morgan fingerprint density at radius 1 is 1.22 bits per heavy atom. The summed E-state index contributed by atoms with van der Waals surface area (Å²) >= 11 is 0. The SMILES string of the molecule is CCOC(=O)CCCC[C@H](N[S@@](=O)C(C)(C)C)c1ccccc1. The summed E-state index contributed by atoms with van der Waals surface area (Å²) < 4.78 is 20.3. The average molecular weight is 340 g/mol. The number of hydrogen-bond acceptors (Lipinski definition) is 3. The van der Waals surface area contributed by atoms with Crippen molar-refractivity contribution in [3.05, 3.63) is 35.9 Å². The number of rotatable bonds is 9. The van der Waals surface area contributed by atoms with Crippen LogP contribution in [0.15, 0.2) is 30.3 Å². The zero-order valence-corrected chi connectivity index (χ0v) is 15.4. The van der Waals surface area contributed by atoms with Gasteiger partial charge in [-0.3, -0.25) is 4.79 Å². The van der Waals surface area contributed by atoms with Crippen LogP contribution in [0.2, 0.25) is 0 Å². The van der Waals surface area contributed by atoms with Crippen molar-refractivity contribution in [2.75, 3.05) is 6.61 Å². The highest BCUT2D eigenvalue weighted by Crippen LogP contribution is 2.22. The first-order valence-electron chi connectivity index (χ1n) is 8.23. The molecule has 4 nitrogen and oxygen atoms in total. The third kappa shape index (κ3) is 7.75. The molecule has 0 saturated heterocycles. The predicted molar refractivity (Wildman–Crippen MR) is 95.3 cm³/mol. The molecule has 0 aliphatic heterocycles. The lowest BCUT2D eigenvalue weighted by Crippen LogP contribution is -2.35. The molecule has 0 unspecified atom stereocenters. The molecule has 0 spiro atoms. The Labute approximate surface area is 142 Å². The van der Waals surface area contributed by atoms with Crippen molar-refractivity contribution in [2.45, 2.75) is 64.2 Å². The highest BCUT2D eigenvalue weighted by atomic mass is 32.2. The molecule has 1 N–H and O–H groups in total. The van der Waals surface area contributed by atoms with Crippen LogP contribution in [0.4, 0.5) is 0 Å². The maximum atomic E-state index is 12.4. The summed E-state index contributed by atoms with van der Waals surface area (Å²) in [4.78, 5) is 11.4. The van der Waals surface area contributed by atoms with Gasteiger partial charge in [0.1, 0.15) is 0 Å². The fraction of sp³-hybridized carbons (Fsp3) is 0.611. The Morgan fingerprint density at radius 2 is 1.87 bits per heavy atom. The van der Waals surface area contributed by atoms with E-state index in [2.05, 4.69) is 4.72 Å². The third-order valence-electron chi connectivity index (χ3n) is 3.44. The summed E-state index contributed by atoms with van der Waals surface area (Å²) in [6.45, 7) is 8.11. The summed E-state index contributed by atoms with van der Waals surface area (Å²) in [5, 5.41) is 0. The van der Waals surface area contributed by atoms with Crippen LogP contribution in [-0.4, -0.2) is 21.5 Å². The Kier molecular flexibility index (Phi) is 8.48. The van der Waals surface area contributed by atoms with E-state index in [1.165, 1.54) is 0 Å². The second-order valence-electron chi connectivity index (χ2n) is 6.51. The lowest BCUT2D eigenvalue weighted by atomic mass is 10.0. The molecule has 1 rings (SSSR count). The van der Waals surface area contributed by atoms with Gasteiger partial charge >= 0.3 is 5.97 Å². The lowest BCUT2D eigenvalue weighted by Gasteiger charge is -2.24. The highest BCUT2D eigenvalue weighted by molar-refractivity contribution is 7.84. The second-order valence-corrected chi connectivity index (χ2v) is 8.51. The molecule has 0 fully saturated rings. The first-order valence-corrected chi connectivity index (χ1v) is 9.38. The van der Waals surface area contributed by atoms with E-state index in [1.807, 2.05) is 58.0 Å². The van der Waals surface area contributed by atoms with Crippen molar-refractivity contribution in [2.24, 2.45) is 0 Å². The van der Waals surface area contributed by atoms with E-state index in [9.17, 15) is 9.00 Å². The molecule has 0 aliphatic rings. The van der Waals surface area contributed by atoms with E-state index in [4.69, 9.17) is 4.74 Å². The largest absolute Gasteiger partial charge is 0.466 e. The standard InChI is InChI=1S/C18H29NO3S/c1-5-22-17(20)14-10-9-13-16(15-11-7-6-8-12-15)19-23(21)18(2,3)4/h6-8,11-12,16,19H,5,9-10,13-14H2,1-4H3/t16-,23-/m0/s1. The minimum absolute atomic E-state index is 0.0263. The molecule has 0 bridgehead atoms. The van der Waals surface area contributed by atoms with Gasteiger partial charge < -0.3 is 4.74 Å². The molecular formula is C18H29NO3S. The molecular weight excluding hydrogens is 310 g/mol. The Morgan fingerprint density at radius 3 is 2.43 bits per heavy atom. The van der Waals surface area contributed by atoms with E-state index in [-0.39, 0.29) is 16.8 Å². The number of esters is 1. The second kappa shape index (κ2) is 9.83. The van der Waals surface area contributed by atoms with Crippen LogP contribution in [-0.2, 0) is 20.5 Å². The van der Waals surface area contributed by atoms with Gasteiger partial charge in [0.15, 0.2) is 0 Å². The zero-order chi connectivity index (χ0) is 17.3. The quantitative estimate of drug-likeness (QED) is 0.548. The van der Waals surface area contributed by atoms with E-state index in [0.717, 1.165) is 24.8 Å². The minimum atomic E-state index is -1.13. The molecule has 1 aromatic carbocycles.